The van der Waals surface area contributed by atoms with E-state index >= 15 is 0 Å². The van der Waals surface area contributed by atoms with Crippen molar-refractivity contribution in [1.29, 1.82) is 0 Å². The normalized spacial score (nSPS) is 14.4. The van der Waals surface area contributed by atoms with Gasteiger partial charge < -0.3 is 19.6 Å². The number of nitrogens with zero attached hydrogens (tertiary/aromatic N) is 3. The minimum atomic E-state index is -0.235. The summed E-state index contributed by atoms with van der Waals surface area (Å²) in [6.07, 6.45) is 11.3. The lowest BCUT2D eigenvalue weighted by Gasteiger charge is -2.25. The summed E-state index contributed by atoms with van der Waals surface area (Å²) >= 11 is 0. The molecule has 7 nitrogen and oxygen atoms in total. The molecule has 2 rings (SSSR count). The first kappa shape index (κ1) is 21.4. The Kier molecular flexibility index (Phi) is 9.90. The second-order valence-corrected chi connectivity index (χ2v) is 7.31. The van der Waals surface area contributed by atoms with Crippen LogP contribution < -0.4 is 5.32 Å². The van der Waals surface area contributed by atoms with Gasteiger partial charge in [0.1, 0.15) is 6.26 Å². The lowest BCUT2D eigenvalue weighted by molar-refractivity contribution is -0.135. The Balaban J connectivity index is 1.77. The molecule has 2 heterocycles. The van der Waals surface area contributed by atoms with Gasteiger partial charge in [0, 0.05) is 25.6 Å². The van der Waals surface area contributed by atoms with Crippen LogP contribution in [0.3, 0.4) is 0 Å². The molecule has 1 aromatic rings. The summed E-state index contributed by atoms with van der Waals surface area (Å²) in [6, 6.07) is 1.59. The predicted octanol–water partition coefficient (Wildman–Crippen LogP) is 3.29. The van der Waals surface area contributed by atoms with Crippen LogP contribution in [0.4, 0.5) is 5.82 Å². The molecule has 7 heteroatoms. The molecule has 0 unspecified atom stereocenters. The minimum Gasteiger partial charge on any atom is -0.363 e. The van der Waals surface area contributed by atoms with Gasteiger partial charge >= 0.3 is 0 Å². The maximum absolute atomic E-state index is 12.7. The lowest BCUT2D eigenvalue weighted by Crippen LogP contribution is -2.42. The van der Waals surface area contributed by atoms with E-state index in [1.54, 1.807) is 11.0 Å². The lowest BCUT2D eigenvalue weighted by atomic mass is 10.1. The van der Waals surface area contributed by atoms with E-state index in [0.29, 0.717) is 18.8 Å². The van der Waals surface area contributed by atoms with Crippen molar-refractivity contribution >= 4 is 17.6 Å². The van der Waals surface area contributed by atoms with Gasteiger partial charge in [-0.3, -0.25) is 9.59 Å². The third kappa shape index (κ3) is 8.56. The monoisotopic (exact) mass is 378 g/mol. The van der Waals surface area contributed by atoms with Crippen LogP contribution in [0.2, 0.25) is 0 Å². The molecule has 0 saturated carbocycles. The number of anilines is 1. The minimum absolute atomic E-state index is 0.0648. The third-order valence-electron chi connectivity index (χ3n) is 5.02. The first-order valence-electron chi connectivity index (χ1n) is 10.4. The van der Waals surface area contributed by atoms with Crippen molar-refractivity contribution < 1.29 is 14.1 Å². The zero-order valence-corrected chi connectivity index (χ0v) is 16.6. The van der Waals surface area contributed by atoms with E-state index in [2.05, 4.69) is 22.3 Å². The number of likely N-dealkylation sites (tertiary alicyclic amines) is 1. The van der Waals surface area contributed by atoms with Gasteiger partial charge in [-0.05, 0) is 32.4 Å². The third-order valence-corrected chi connectivity index (χ3v) is 5.02. The van der Waals surface area contributed by atoms with Crippen molar-refractivity contribution in [1.82, 2.24) is 15.0 Å². The molecule has 152 valence electrons. The Morgan fingerprint density at radius 3 is 2.63 bits per heavy atom. The van der Waals surface area contributed by atoms with Crippen LogP contribution >= 0.6 is 0 Å². The Morgan fingerprint density at radius 1 is 1.19 bits per heavy atom. The van der Waals surface area contributed by atoms with Gasteiger partial charge in [0.05, 0.1) is 6.54 Å². The maximum Gasteiger partial charge on any atom is 0.245 e. The van der Waals surface area contributed by atoms with Crippen LogP contribution in [0.1, 0.15) is 64.7 Å². The molecule has 1 saturated heterocycles. The summed E-state index contributed by atoms with van der Waals surface area (Å²) in [5, 5.41) is 6.36. The fourth-order valence-electron chi connectivity index (χ4n) is 3.41. The second-order valence-electron chi connectivity index (χ2n) is 7.31. The number of nitrogens with one attached hydrogen (secondary N) is 1. The molecule has 0 radical (unpaired) electrons. The summed E-state index contributed by atoms with van der Waals surface area (Å²) in [4.78, 5) is 29.0. The Hall–Kier alpha value is -1.89. The number of hydrogen-bond acceptors (Lipinski definition) is 5. The molecule has 0 atom stereocenters. The number of unbranched alkanes of at least 4 members (excludes halogenated alkanes) is 5. The molecule has 0 aliphatic carbocycles. The molecule has 27 heavy (non-hydrogen) atoms. The van der Waals surface area contributed by atoms with Crippen molar-refractivity contribution in [2.24, 2.45) is 0 Å². The highest BCUT2D eigenvalue weighted by molar-refractivity contribution is 5.93. The van der Waals surface area contributed by atoms with Gasteiger partial charge in [-0.15, -0.1) is 0 Å². The number of carbonyl (C=O) groups is 2. The Morgan fingerprint density at radius 2 is 1.93 bits per heavy atom. The molecule has 0 bridgehead atoms. The van der Waals surface area contributed by atoms with Crippen molar-refractivity contribution in [3.05, 3.63) is 12.3 Å². The fraction of sp³-hybridized carbons (Fsp3) is 0.750. The molecule has 1 N–H and O–H groups in total. The van der Waals surface area contributed by atoms with Gasteiger partial charge in [-0.25, -0.2) is 0 Å². The van der Waals surface area contributed by atoms with Crippen LogP contribution in [0.5, 0.6) is 0 Å². The highest BCUT2D eigenvalue weighted by Gasteiger charge is 2.20. The number of rotatable bonds is 13. The smallest absolute Gasteiger partial charge is 0.245 e. The van der Waals surface area contributed by atoms with Crippen molar-refractivity contribution in [2.75, 3.05) is 38.0 Å². The first-order chi connectivity index (χ1) is 13.2. The van der Waals surface area contributed by atoms with E-state index in [9.17, 15) is 9.59 Å². The quantitative estimate of drug-likeness (QED) is 0.533. The standard InChI is InChI=1S/C20H34N4O3/c1-2-3-4-5-6-7-10-20(26)24(15-14-23-12-8-9-13-23)17-19(25)21-18-11-16-27-22-18/h11,16H,2-10,12-15,17H2,1H3,(H,21,22,25). The maximum atomic E-state index is 12.7. The zero-order valence-electron chi connectivity index (χ0n) is 16.6. The van der Waals surface area contributed by atoms with Crippen LogP contribution in [-0.2, 0) is 9.59 Å². The van der Waals surface area contributed by atoms with Crippen LogP contribution in [0, 0.1) is 0 Å². The van der Waals surface area contributed by atoms with Crippen molar-refractivity contribution in [3.63, 3.8) is 0 Å². The van der Waals surface area contributed by atoms with Gasteiger partial charge in [0.2, 0.25) is 11.8 Å². The zero-order chi connectivity index (χ0) is 19.3. The fourth-order valence-corrected chi connectivity index (χ4v) is 3.41. The van der Waals surface area contributed by atoms with E-state index in [-0.39, 0.29) is 18.4 Å². The summed E-state index contributed by atoms with van der Waals surface area (Å²) in [5.41, 5.74) is 0. The average molecular weight is 379 g/mol. The highest BCUT2D eigenvalue weighted by Crippen LogP contribution is 2.11. The molecule has 0 spiro atoms. The molecular weight excluding hydrogens is 344 g/mol. The second kappa shape index (κ2) is 12.5. The van der Waals surface area contributed by atoms with Crippen LogP contribution in [0.15, 0.2) is 16.9 Å². The first-order valence-corrected chi connectivity index (χ1v) is 10.4. The highest BCUT2D eigenvalue weighted by atomic mass is 16.5. The topological polar surface area (TPSA) is 78.7 Å². The average Bonchev–Trinajstić information content (AvgIpc) is 3.35. The van der Waals surface area contributed by atoms with Crippen molar-refractivity contribution in [2.45, 2.75) is 64.7 Å². The molecule has 2 amide bonds. The van der Waals surface area contributed by atoms with E-state index in [1.165, 1.54) is 44.8 Å². The predicted molar refractivity (Wildman–Crippen MR) is 105 cm³/mol. The Labute approximate surface area is 162 Å². The molecule has 1 aliphatic rings. The van der Waals surface area contributed by atoms with Gasteiger partial charge in [0.15, 0.2) is 5.82 Å². The summed E-state index contributed by atoms with van der Waals surface area (Å²) in [7, 11) is 0. The number of hydrogen-bond donors (Lipinski definition) is 1. The SMILES string of the molecule is CCCCCCCCC(=O)N(CCN1CCCC1)CC(=O)Nc1ccon1. The molecular formula is C20H34N4O3. The van der Waals surface area contributed by atoms with E-state index in [0.717, 1.165) is 32.5 Å². The van der Waals surface area contributed by atoms with Crippen molar-refractivity contribution in [3.8, 4) is 0 Å². The molecule has 0 aromatic carbocycles. The molecule has 1 aliphatic heterocycles. The van der Waals surface area contributed by atoms with Gasteiger partial charge in [-0.2, -0.15) is 0 Å². The van der Waals surface area contributed by atoms with Gasteiger partial charge in [0.25, 0.3) is 0 Å². The van der Waals surface area contributed by atoms with Crippen LogP contribution in [0.25, 0.3) is 0 Å². The molecule has 1 aromatic heterocycles. The van der Waals surface area contributed by atoms with E-state index in [1.807, 2.05) is 0 Å². The largest absolute Gasteiger partial charge is 0.363 e. The summed E-state index contributed by atoms with van der Waals surface area (Å²) < 4.78 is 4.72. The number of carbonyl (C=O) groups excluding carboxylic acids is 2. The molecule has 1 fully saturated rings. The van der Waals surface area contributed by atoms with Crippen LogP contribution in [-0.4, -0.2) is 59.5 Å². The number of amides is 2. The van der Waals surface area contributed by atoms with E-state index < -0.39 is 0 Å². The summed E-state index contributed by atoms with van der Waals surface area (Å²) in [6.45, 7) is 5.87. The summed E-state index contributed by atoms with van der Waals surface area (Å²) in [5.74, 6) is 0.212. The van der Waals surface area contributed by atoms with E-state index in [4.69, 9.17) is 4.52 Å². The number of aromatic nitrogens is 1. The van der Waals surface area contributed by atoms with Gasteiger partial charge in [-0.1, -0.05) is 44.2 Å². The Bertz CT molecular complexity index is 541.